The maximum absolute atomic E-state index is 12.6. The van der Waals surface area contributed by atoms with Gasteiger partial charge in [0.25, 0.3) is 0 Å². The highest BCUT2D eigenvalue weighted by atomic mass is 16.6. The number of ketones is 1. The third kappa shape index (κ3) is 5.44. The Labute approximate surface area is 151 Å². The van der Waals surface area contributed by atoms with Gasteiger partial charge < -0.3 is 14.6 Å². The molecule has 2 aromatic carbocycles. The number of Topliss-reactive ketones (excluding diaryl/α,β-unsaturated/α-hetero) is 1. The number of rotatable bonds is 9. The quantitative estimate of drug-likeness (QED) is 0.422. The molecule has 0 heterocycles. The lowest BCUT2D eigenvalue weighted by Gasteiger charge is -2.12. The van der Waals surface area contributed by atoms with E-state index in [9.17, 15) is 19.5 Å². The van der Waals surface area contributed by atoms with Crippen LogP contribution in [0, 0.1) is 5.92 Å². The van der Waals surface area contributed by atoms with Gasteiger partial charge in [-0.25, -0.2) is 4.79 Å². The van der Waals surface area contributed by atoms with Crippen LogP contribution in [-0.2, 0) is 20.7 Å². The number of hydrogen-bond donors (Lipinski definition) is 1. The number of aliphatic carboxylic acids is 1. The fraction of sp³-hybridized carbons (Fsp3) is 0.250. The highest BCUT2D eigenvalue weighted by Gasteiger charge is 2.27. The summed E-state index contributed by atoms with van der Waals surface area (Å²) in [7, 11) is 0. The van der Waals surface area contributed by atoms with Gasteiger partial charge in [0.15, 0.2) is 12.4 Å². The maximum Gasteiger partial charge on any atom is 0.344 e. The SMILES string of the molecule is CCOC(=O)COc1ccc(C(=O)C(Cc2ccccc2)C(=O)O)cc1. The number of benzene rings is 2. The molecular weight excluding hydrogens is 336 g/mol. The van der Waals surface area contributed by atoms with Gasteiger partial charge >= 0.3 is 11.9 Å². The molecule has 0 aliphatic carbocycles. The molecule has 0 fully saturated rings. The van der Waals surface area contributed by atoms with Crippen molar-refractivity contribution in [2.75, 3.05) is 13.2 Å². The van der Waals surface area contributed by atoms with Crippen LogP contribution in [0.1, 0.15) is 22.8 Å². The maximum atomic E-state index is 12.6. The van der Waals surface area contributed by atoms with Gasteiger partial charge in [0.2, 0.25) is 0 Å². The van der Waals surface area contributed by atoms with Crippen molar-refractivity contribution < 1.29 is 29.0 Å². The monoisotopic (exact) mass is 356 g/mol. The molecule has 0 saturated carbocycles. The molecule has 0 bridgehead atoms. The Kier molecular flexibility index (Phi) is 6.91. The van der Waals surface area contributed by atoms with Gasteiger partial charge in [-0.2, -0.15) is 0 Å². The summed E-state index contributed by atoms with van der Waals surface area (Å²) in [4.78, 5) is 35.3. The zero-order valence-electron chi connectivity index (χ0n) is 14.4. The standard InChI is InChI=1S/C20H20O6/c1-2-25-18(21)13-26-16-10-8-15(9-11-16)19(22)17(20(23)24)12-14-6-4-3-5-7-14/h3-11,17H,2,12-13H2,1H3,(H,23,24). The highest BCUT2D eigenvalue weighted by Crippen LogP contribution is 2.18. The molecule has 2 aromatic rings. The predicted octanol–water partition coefficient (Wildman–Crippen LogP) is 2.75. The van der Waals surface area contributed by atoms with Crippen molar-refractivity contribution in [3.63, 3.8) is 0 Å². The Morgan fingerprint density at radius 1 is 1.00 bits per heavy atom. The molecule has 0 aromatic heterocycles. The van der Waals surface area contributed by atoms with E-state index in [1.807, 2.05) is 6.07 Å². The van der Waals surface area contributed by atoms with E-state index in [-0.39, 0.29) is 25.2 Å². The Bertz CT molecular complexity index is 752. The van der Waals surface area contributed by atoms with Crippen molar-refractivity contribution in [1.82, 2.24) is 0 Å². The lowest BCUT2D eigenvalue weighted by atomic mass is 9.91. The van der Waals surface area contributed by atoms with Crippen molar-refractivity contribution in [3.05, 3.63) is 65.7 Å². The number of carbonyl (C=O) groups excluding carboxylic acids is 2. The average Bonchev–Trinajstić information content (AvgIpc) is 2.65. The molecule has 1 atom stereocenters. The predicted molar refractivity (Wildman–Crippen MR) is 94.2 cm³/mol. The Morgan fingerprint density at radius 2 is 1.65 bits per heavy atom. The van der Waals surface area contributed by atoms with Crippen molar-refractivity contribution in [2.45, 2.75) is 13.3 Å². The summed E-state index contributed by atoms with van der Waals surface area (Å²) in [5.74, 6) is -2.89. The first-order valence-electron chi connectivity index (χ1n) is 8.20. The molecular formula is C20H20O6. The van der Waals surface area contributed by atoms with Gasteiger partial charge in [-0.1, -0.05) is 30.3 Å². The summed E-state index contributed by atoms with van der Waals surface area (Å²) < 4.78 is 10.0. The third-order valence-corrected chi connectivity index (χ3v) is 3.70. The molecule has 0 amide bonds. The minimum atomic E-state index is -1.17. The van der Waals surface area contributed by atoms with Gasteiger partial charge in [0.05, 0.1) is 6.61 Å². The first-order chi connectivity index (χ1) is 12.5. The van der Waals surface area contributed by atoms with E-state index in [1.54, 1.807) is 31.2 Å². The van der Waals surface area contributed by atoms with Gasteiger partial charge in [-0.05, 0) is 43.2 Å². The van der Waals surface area contributed by atoms with E-state index in [1.165, 1.54) is 24.3 Å². The second kappa shape index (κ2) is 9.36. The molecule has 2 rings (SSSR count). The summed E-state index contributed by atoms with van der Waals surface area (Å²) >= 11 is 0. The molecule has 6 nitrogen and oxygen atoms in total. The second-order valence-electron chi connectivity index (χ2n) is 5.56. The van der Waals surface area contributed by atoms with E-state index in [0.29, 0.717) is 5.75 Å². The van der Waals surface area contributed by atoms with Gasteiger partial charge in [0.1, 0.15) is 11.7 Å². The van der Waals surface area contributed by atoms with Crippen LogP contribution < -0.4 is 4.74 Å². The van der Waals surface area contributed by atoms with Crippen LogP contribution >= 0.6 is 0 Å². The first-order valence-corrected chi connectivity index (χ1v) is 8.20. The molecule has 1 unspecified atom stereocenters. The third-order valence-electron chi connectivity index (χ3n) is 3.70. The van der Waals surface area contributed by atoms with Crippen molar-refractivity contribution >= 4 is 17.7 Å². The van der Waals surface area contributed by atoms with Crippen molar-refractivity contribution in [3.8, 4) is 5.75 Å². The normalized spacial score (nSPS) is 11.4. The van der Waals surface area contributed by atoms with Crippen molar-refractivity contribution in [2.24, 2.45) is 5.92 Å². The van der Waals surface area contributed by atoms with E-state index < -0.39 is 23.6 Å². The van der Waals surface area contributed by atoms with Crippen LogP contribution in [-0.4, -0.2) is 36.0 Å². The second-order valence-corrected chi connectivity index (χ2v) is 5.56. The van der Waals surface area contributed by atoms with E-state index in [4.69, 9.17) is 9.47 Å². The smallest absolute Gasteiger partial charge is 0.344 e. The molecule has 0 spiro atoms. The van der Waals surface area contributed by atoms with Crippen LogP contribution in [0.2, 0.25) is 0 Å². The van der Waals surface area contributed by atoms with Gasteiger partial charge in [-0.15, -0.1) is 0 Å². The minimum Gasteiger partial charge on any atom is -0.482 e. The van der Waals surface area contributed by atoms with Gasteiger partial charge in [0, 0.05) is 5.56 Å². The van der Waals surface area contributed by atoms with E-state index in [0.717, 1.165) is 5.56 Å². The van der Waals surface area contributed by atoms with Crippen molar-refractivity contribution in [1.29, 1.82) is 0 Å². The Morgan fingerprint density at radius 3 is 2.23 bits per heavy atom. The lowest BCUT2D eigenvalue weighted by Crippen LogP contribution is -2.26. The zero-order chi connectivity index (χ0) is 18.9. The molecule has 0 radical (unpaired) electrons. The molecule has 0 aliphatic heterocycles. The zero-order valence-corrected chi connectivity index (χ0v) is 14.4. The van der Waals surface area contributed by atoms with Crippen LogP contribution in [0.5, 0.6) is 5.75 Å². The molecule has 6 heteroatoms. The van der Waals surface area contributed by atoms with Crippen LogP contribution in [0.4, 0.5) is 0 Å². The molecule has 0 saturated heterocycles. The average molecular weight is 356 g/mol. The number of esters is 1. The van der Waals surface area contributed by atoms with Crippen LogP contribution in [0.15, 0.2) is 54.6 Å². The van der Waals surface area contributed by atoms with Crippen LogP contribution in [0.3, 0.4) is 0 Å². The Hall–Kier alpha value is -3.15. The topological polar surface area (TPSA) is 89.9 Å². The number of hydrogen-bond acceptors (Lipinski definition) is 5. The number of carboxylic acids is 1. The van der Waals surface area contributed by atoms with E-state index in [2.05, 4.69) is 0 Å². The summed E-state index contributed by atoms with van der Waals surface area (Å²) in [5.41, 5.74) is 1.06. The number of carbonyl (C=O) groups is 3. The summed E-state index contributed by atoms with van der Waals surface area (Å²) in [6.45, 7) is 1.74. The number of carboxylic acid groups (broad SMARTS) is 1. The number of ether oxygens (including phenoxy) is 2. The molecule has 136 valence electrons. The highest BCUT2D eigenvalue weighted by molar-refractivity contribution is 6.08. The summed E-state index contributed by atoms with van der Waals surface area (Å²) in [6.07, 6.45) is 0.121. The fourth-order valence-electron chi connectivity index (χ4n) is 2.40. The first kappa shape index (κ1) is 19.2. The molecule has 26 heavy (non-hydrogen) atoms. The molecule has 0 aliphatic rings. The summed E-state index contributed by atoms with van der Waals surface area (Å²) in [5, 5.41) is 9.42. The summed E-state index contributed by atoms with van der Waals surface area (Å²) in [6, 6.07) is 15.0. The Balaban J connectivity index is 2.04. The minimum absolute atomic E-state index is 0.121. The fourth-order valence-corrected chi connectivity index (χ4v) is 2.40. The molecule has 1 N–H and O–H groups in total. The van der Waals surface area contributed by atoms with Gasteiger partial charge in [-0.3, -0.25) is 9.59 Å². The largest absolute Gasteiger partial charge is 0.482 e. The van der Waals surface area contributed by atoms with Crippen LogP contribution in [0.25, 0.3) is 0 Å². The lowest BCUT2D eigenvalue weighted by molar-refractivity contribution is -0.145. The van der Waals surface area contributed by atoms with E-state index >= 15 is 0 Å².